The van der Waals surface area contributed by atoms with Crippen LogP contribution in [-0.4, -0.2) is 41.1 Å². The lowest BCUT2D eigenvalue weighted by Crippen LogP contribution is -2.43. The van der Waals surface area contributed by atoms with Gasteiger partial charge in [-0.05, 0) is 44.9 Å². The lowest BCUT2D eigenvalue weighted by molar-refractivity contribution is -0.148. The highest BCUT2D eigenvalue weighted by molar-refractivity contribution is 6.00. The Morgan fingerprint density at radius 3 is 2.77 bits per heavy atom. The number of carbonyl (C=O) groups excluding carboxylic acids is 3. The zero-order valence-electron chi connectivity index (χ0n) is 15.5. The molecule has 142 valence electrons. The largest absolute Gasteiger partial charge is 0.458 e. The molecule has 0 aromatic rings. The molecule has 0 aromatic heterocycles. The van der Waals surface area contributed by atoms with Gasteiger partial charge in [-0.25, -0.2) is 0 Å². The van der Waals surface area contributed by atoms with Crippen LogP contribution in [0.15, 0.2) is 36.0 Å². The second-order valence-electron chi connectivity index (χ2n) is 7.23. The first-order valence-electron chi connectivity index (χ1n) is 8.74. The number of ketones is 1. The minimum Gasteiger partial charge on any atom is -0.458 e. The Kier molecular flexibility index (Phi) is 6.18. The van der Waals surface area contributed by atoms with Gasteiger partial charge in [0.1, 0.15) is 12.2 Å². The van der Waals surface area contributed by atoms with E-state index in [2.05, 4.69) is 6.58 Å². The summed E-state index contributed by atoms with van der Waals surface area (Å²) in [4.78, 5) is 35.8. The highest BCUT2D eigenvalue weighted by Gasteiger charge is 2.55. The second-order valence-corrected chi connectivity index (χ2v) is 7.23. The highest BCUT2D eigenvalue weighted by atomic mass is 16.6. The third-order valence-corrected chi connectivity index (χ3v) is 4.92. The standard InChI is InChI=1S/C20H26O6/c1-12(2)16(22)7-5-13(3)9-18-20(11-19(24)26-18)10-15(25-14(4)21)6-8-17(20)23/h6,8-9,15-16,18,22H,1,5,7,10-11H2,2-4H3/t15-,16?,18-,20+/m1/s1. The Labute approximate surface area is 153 Å². The Hall–Kier alpha value is -2.21. The van der Waals surface area contributed by atoms with Crippen molar-refractivity contribution in [3.8, 4) is 0 Å². The van der Waals surface area contributed by atoms with Crippen LogP contribution in [0.2, 0.25) is 0 Å². The van der Waals surface area contributed by atoms with Crippen molar-refractivity contribution < 1.29 is 29.0 Å². The molecule has 0 saturated carbocycles. The summed E-state index contributed by atoms with van der Waals surface area (Å²) >= 11 is 0. The van der Waals surface area contributed by atoms with Crippen molar-refractivity contribution in [3.63, 3.8) is 0 Å². The van der Waals surface area contributed by atoms with E-state index in [0.717, 1.165) is 5.57 Å². The van der Waals surface area contributed by atoms with Gasteiger partial charge >= 0.3 is 11.9 Å². The van der Waals surface area contributed by atoms with Crippen LogP contribution in [0.25, 0.3) is 0 Å². The van der Waals surface area contributed by atoms with E-state index in [1.807, 2.05) is 6.92 Å². The van der Waals surface area contributed by atoms with Gasteiger partial charge in [-0.15, -0.1) is 0 Å². The van der Waals surface area contributed by atoms with Crippen LogP contribution < -0.4 is 0 Å². The maximum atomic E-state index is 12.6. The maximum absolute atomic E-state index is 12.6. The Morgan fingerprint density at radius 2 is 2.15 bits per heavy atom. The van der Waals surface area contributed by atoms with Gasteiger partial charge in [0, 0.05) is 13.3 Å². The Bertz CT molecular complexity index is 674. The predicted molar refractivity (Wildman–Crippen MR) is 95.1 cm³/mol. The normalized spacial score (nSPS) is 29.6. The molecule has 0 radical (unpaired) electrons. The summed E-state index contributed by atoms with van der Waals surface area (Å²) in [6.07, 6.45) is 4.14. The average Bonchev–Trinajstić information content (AvgIpc) is 2.84. The Balaban J connectivity index is 2.18. The molecule has 1 aliphatic carbocycles. The van der Waals surface area contributed by atoms with Crippen LogP contribution in [0, 0.1) is 5.41 Å². The van der Waals surface area contributed by atoms with Gasteiger partial charge < -0.3 is 14.6 Å². The molecule has 6 heteroatoms. The third kappa shape index (κ3) is 4.49. The number of esters is 2. The number of cyclic esters (lactones) is 1. The van der Waals surface area contributed by atoms with Gasteiger partial charge in [0.15, 0.2) is 5.78 Å². The molecule has 0 aromatic carbocycles. The molecule has 1 heterocycles. The molecule has 1 aliphatic heterocycles. The molecule has 1 fully saturated rings. The molecule has 1 spiro atoms. The predicted octanol–water partition coefficient (Wildman–Crippen LogP) is 2.41. The molecule has 2 aliphatic rings. The first kappa shape index (κ1) is 20.1. The second kappa shape index (κ2) is 7.99. The monoisotopic (exact) mass is 362 g/mol. The van der Waals surface area contributed by atoms with Crippen molar-refractivity contribution in [1.82, 2.24) is 0 Å². The van der Waals surface area contributed by atoms with E-state index in [1.54, 1.807) is 19.1 Å². The van der Waals surface area contributed by atoms with Crippen LogP contribution in [0.5, 0.6) is 0 Å². The molecular formula is C20H26O6. The minimum atomic E-state index is -1.04. The Morgan fingerprint density at radius 1 is 1.46 bits per heavy atom. The molecule has 6 nitrogen and oxygen atoms in total. The van der Waals surface area contributed by atoms with Crippen LogP contribution in [-0.2, 0) is 23.9 Å². The number of allylic oxidation sites excluding steroid dienone is 2. The summed E-state index contributed by atoms with van der Waals surface area (Å²) in [7, 11) is 0. The quantitative estimate of drug-likeness (QED) is 0.576. The number of aliphatic hydroxyl groups is 1. The van der Waals surface area contributed by atoms with Gasteiger partial charge in [-0.1, -0.05) is 17.7 Å². The van der Waals surface area contributed by atoms with Crippen LogP contribution in [0.3, 0.4) is 0 Å². The summed E-state index contributed by atoms with van der Waals surface area (Å²) in [5.74, 6) is -1.07. The fourth-order valence-electron chi connectivity index (χ4n) is 3.40. The van der Waals surface area contributed by atoms with Crippen molar-refractivity contribution in [2.24, 2.45) is 5.41 Å². The maximum Gasteiger partial charge on any atom is 0.307 e. The van der Waals surface area contributed by atoms with Gasteiger partial charge in [-0.2, -0.15) is 0 Å². The first-order valence-corrected chi connectivity index (χ1v) is 8.74. The first-order chi connectivity index (χ1) is 12.1. The van der Waals surface area contributed by atoms with Crippen LogP contribution in [0.4, 0.5) is 0 Å². The van der Waals surface area contributed by atoms with Gasteiger partial charge in [-0.3, -0.25) is 14.4 Å². The van der Waals surface area contributed by atoms with Gasteiger partial charge in [0.25, 0.3) is 0 Å². The van der Waals surface area contributed by atoms with Crippen molar-refractivity contribution in [2.45, 2.75) is 64.8 Å². The van der Waals surface area contributed by atoms with E-state index < -0.39 is 35.7 Å². The number of rotatable bonds is 6. The lowest BCUT2D eigenvalue weighted by atomic mass is 9.69. The third-order valence-electron chi connectivity index (χ3n) is 4.92. The summed E-state index contributed by atoms with van der Waals surface area (Å²) < 4.78 is 10.6. The number of aliphatic hydroxyl groups excluding tert-OH is 1. The van der Waals surface area contributed by atoms with Crippen molar-refractivity contribution in [3.05, 3.63) is 36.0 Å². The highest BCUT2D eigenvalue weighted by Crippen LogP contribution is 2.45. The van der Waals surface area contributed by atoms with Crippen molar-refractivity contribution >= 4 is 17.7 Å². The van der Waals surface area contributed by atoms with Crippen molar-refractivity contribution in [2.75, 3.05) is 0 Å². The molecule has 4 atom stereocenters. The van der Waals surface area contributed by atoms with E-state index in [4.69, 9.17) is 9.47 Å². The topological polar surface area (TPSA) is 89.9 Å². The zero-order valence-corrected chi connectivity index (χ0v) is 15.5. The molecule has 1 N–H and O–H groups in total. The number of hydrogen-bond acceptors (Lipinski definition) is 6. The summed E-state index contributed by atoms with van der Waals surface area (Å²) in [6, 6.07) is 0. The zero-order chi connectivity index (χ0) is 19.5. The van der Waals surface area contributed by atoms with Gasteiger partial charge in [0.05, 0.1) is 17.9 Å². The summed E-state index contributed by atoms with van der Waals surface area (Å²) in [5, 5.41) is 9.86. The molecular weight excluding hydrogens is 336 g/mol. The molecule has 1 saturated heterocycles. The fraction of sp³-hybridized carbons (Fsp3) is 0.550. The number of hydrogen-bond donors (Lipinski definition) is 1. The minimum absolute atomic E-state index is 0.0310. The summed E-state index contributed by atoms with van der Waals surface area (Å²) in [5.41, 5.74) is 0.564. The summed E-state index contributed by atoms with van der Waals surface area (Å²) in [6.45, 7) is 8.67. The smallest absolute Gasteiger partial charge is 0.307 e. The molecule has 0 amide bonds. The number of ether oxygens (including phenoxy) is 2. The molecule has 26 heavy (non-hydrogen) atoms. The van der Waals surface area contributed by atoms with E-state index >= 15 is 0 Å². The number of carbonyl (C=O) groups is 3. The molecule has 2 rings (SSSR count). The molecule has 1 unspecified atom stereocenters. The molecule has 0 bridgehead atoms. The SMILES string of the molecule is C=C(C)C(O)CCC(C)=C[C@H]1OC(=O)C[C@]12C[C@H](OC(C)=O)C=CC2=O. The van der Waals surface area contributed by atoms with Crippen LogP contribution in [0.1, 0.15) is 46.5 Å². The van der Waals surface area contributed by atoms with Crippen LogP contribution >= 0.6 is 0 Å². The lowest BCUT2D eigenvalue weighted by Gasteiger charge is -2.34. The van der Waals surface area contributed by atoms with E-state index in [1.165, 1.54) is 13.0 Å². The van der Waals surface area contributed by atoms with Gasteiger partial charge in [0.2, 0.25) is 0 Å². The fourth-order valence-corrected chi connectivity index (χ4v) is 3.40. The van der Waals surface area contributed by atoms with Crippen molar-refractivity contribution in [1.29, 1.82) is 0 Å². The van der Waals surface area contributed by atoms with E-state index in [9.17, 15) is 19.5 Å². The van der Waals surface area contributed by atoms with E-state index in [0.29, 0.717) is 18.4 Å². The van der Waals surface area contributed by atoms with E-state index in [-0.39, 0.29) is 18.6 Å². The average molecular weight is 362 g/mol.